The number of carbonyl (C=O) groups is 4. The number of hydrogen-bond donors (Lipinski definition) is 6. The number of aliphatic carboxylic acids is 1. The summed E-state index contributed by atoms with van der Waals surface area (Å²) in [5.41, 5.74) is 5.33. The zero-order valence-electron chi connectivity index (χ0n) is 16.3. The van der Waals surface area contributed by atoms with E-state index in [2.05, 4.69) is 16.0 Å². The highest BCUT2D eigenvalue weighted by Crippen LogP contribution is 2.12. The van der Waals surface area contributed by atoms with Crippen molar-refractivity contribution in [1.82, 2.24) is 16.0 Å². The van der Waals surface area contributed by atoms with Crippen molar-refractivity contribution >= 4 is 23.7 Å². The second-order valence-electron chi connectivity index (χ2n) is 6.65. The van der Waals surface area contributed by atoms with E-state index < -0.39 is 55.0 Å². The standard InChI is InChI=1S/C17H32N4O6/c1-5-9(3)13(16(25)21-14(17(26)27)10(4)6-2)20-12(23)7-19-15(24)11(18)8-22/h9-11,13-14,22H,5-8,18H2,1-4H3,(H,19,24)(H,20,23)(H,21,25)(H,26,27). The van der Waals surface area contributed by atoms with Crippen LogP contribution in [0.25, 0.3) is 0 Å². The average Bonchev–Trinajstić information content (AvgIpc) is 2.65. The summed E-state index contributed by atoms with van der Waals surface area (Å²) in [5, 5.41) is 25.4. The number of carboxylic acid groups (broad SMARTS) is 1. The highest BCUT2D eigenvalue weighted by molar-refractivity contribution is 5.92. The minimum atomic E-state index is -1.14. The third kappa shape index (κ3) is 8.35. The summed E-state index contributed by atoms with van der Waals surface area (Å²) in [6, 6.07) is -3.15. The first-order valence-electron chi connectivity index (χ1n) is 9.05. The van der Waals surface area contributed by atoms with Gasteiger partial charge in [0, 0.05) is 0 Å². The molecular weight excluding hydrogens is 356 g/mol. The fourth-order valence-corrected chi connectivity index (χ4v) is 2.23. The van der Waals surface area contributed by atoms with Crippen molar-refractivity contribution in [2.45, 2.75) is 58.7 Å². The van der Waals surface area contributed by atoms with Crippen LogP contribution in [-0.4, -0.2) is 65.2 Å². The molecule has 5 unspecified atom stereocenters. The maximum absolute atomic E-state index is 12.6. The number of carboxylic acids is 1. The summed E-state index contributed by atoms with van der Waals surface area (Å²) < 4.78 is 0. The van der Waals surface area contributed by atoms with E-state index in [1.807, 2.05) is 13.8 Å². The first-order chi connectivity index (χ1) is 12.6. The molecule has 0 aliphatic carbocycles. The molecule has 0 aromatic rings. The Kier molecular flexibility index (Phi) is 11.2. The summed E-state index contributed by atoms with van der Waals surface area (Å²) in [5.74, 6) is -3.58. The van der Waals surface area contributed by atoms with Crippen LogP contribution < -0.4 is 21.7 Å². The smallest absolute Gasteiger partial charge is 0.326 e. The van der Waals surface area contributed by atoms with Gasteiger partial charge in [0.1, 0.15) is 18.1 Å². The summed E-state index contributed by atoms with van der Waals surface area (Å²) in [6.45, 7) is 6.15. The van der Waals surface area contributed by atoms with Gasteiger partial charge < -0.3 is 31.9 Å². The van der Waals surface area contributed by atoms with Gasteiger partial charge in [0.05, 0.1) is 13.2 Å². The van der Waals surface area contributed by atoms with Gasteiger partial charge in [-0.3, -0.25) is 14.4 Å². The number of carbonyl (C=O) groups excluding carboxylic acids is 3. The van der Waals surface area contributed by atoms with Crippen LogP contribution in [-0.2, 0) is 19.2 Å². The normalized spacial score (nSPS) is 16.4. The molecule has 0 bridgehead atoms. The van der Waals surface area contributed by atoms with E-state index in [4.69, 9.17) is 10.8 Å². The lowest BCUT2D eigenvalue weighted by atomic mass is 9.95. The van der Waals surface area contributed by atoms with Crippen LogP contribution in [0.4, 0.5) is 0 Å². The molecular formula is C17H32N4O6. The summed E-state index contributed by atoms with van der Waals surface area (Å²) in [7, 11) is 0. The topological polar surface area (TPSA) is 171 Å². The van der Waals surface area contributed by atoms with Gasteiger partial charge in [-0.1, -0.05) is 40.5 Å². The molecule has 0 heterocycles. The molecule has 0 saturated heterocycles. The molecule has 27 heavy (non-hydrogen) atoms. The third-order valence-electron chi connectivity index (χ3n) is 4.55. The van der Waals surface area contributed by atoms with E-state index in [0.29, 0.717) is 12.8 Å². The predicted molar refractivity (Wildman–Crippen MR) is 98.5 cm³/mol. The van der Waals surface area contributed by atoms with E-state index in [9.17, 15) is 24.3 Å². The van der Waals surface area contributed by atoms with Crippen molar-refractivity contribution in [3.8, 4) is 0 Å². The van der Waals surface area contributed by atoms with Gasteiger partial charge in [-0.2, -0.15) is 0 Å². The Morgan fingerprint density at radius 3 is 1.89 bits per heavy atom. The Bertz CT molecular complexity index is 528. The second kappa shape index (κ2) is 12.2. The minimum absolute atomic E-state index is 0.254. The molecule has 0 radical (unpaired) electrons. The zero-order valence-corrected chi connectivity index (χ0v) is 16.3. The molecule has 10 nitrogen and oxygen atoms in total. The van der Waals surface area contributed by atoms with Crippen LogP contribution in [0, 0.1) is 11.8 Å². The number of aliphatic hydroxyl groups is 1. The molecule has 156 valence electrons. The summed E-state index contributed by atoms with van der Waals surface area (Å²) in [4.78, 5) is 47.6. The molecule has 0 aromatic carbocycles. The number of amides is 3. The SMILES string of the molecule is CCC(C)C(NC(=O)C(NC(=O)CNC(=O)C(N)CO)C(C)CC)C(=O)O. The Labute approximate surface area is 159 Å². The maximum atomic E-state index is 12.6. The molecule has 0 saturated carbocycles. The second-order valence-corrected chi connectivity index (χ2v) is 6.65. The van der Waals surface area contributed by atoms with Gasteiger partial charge in [0.25, 0.3) is 0 Å². The summed E-state index contributed by atoms with van der Waals surface area (Å²) >= 11 is 0. The molecule has 0 fully saturated rings. The molecule has 0 aromatic heterocycles. The van der Waals surface area contributed by atoms with Crippen molar-refractivity contribution in [3.63, 3.8) is 0 Å². The fourth-order valence-electron chi connectivity index (χ4n) is 2.23. The van der Waals surface area contributed by atoms with Gasteiger partial charge in [0.15, 0.2) is 0 Å². The number of nitrogens with one attached hydrogen (secondary N) is 3. The van der Waals surface area contributed by atoms with E-state index in [-0.39, 0.29) is 11.8 Å². The number of hydrogen-bond acceptors (Lipinski definition) is 6. The lowest BCUT2D eigenvalue weighted by Crippen LogP contribution is -2.57. The van der Waals surface area contributed by atoms with E-state index in [1.165, 1.54) is 0 Å². The van der Waals surface area contributed by atoms with Gasteiger partial charge in [-0.25, -0.2) is 4.79 Å². The van der Waals surface area contributed by atoms with Crippen LogP contribution in [0.15, 0.2) is 0 Å². The molecule has 7 N–H and O–H groups in total. The predicted octanol–water partition coefficient (Wildman–Crippen LogP) is -1.43. The lowest BCUT2D eigenvalue weighted by molar-refractivity contribution is -0.144. The quantitative estimate of drug-likeness (QED) is 0.238. The zero-order chi connectivity index (χ0) is 21.1. The third-order valence-corrected chi connectivity index (χ3v) is 4.55. The first-order valence-corrected chi connectivity index (χ1v) is 9.05. The van der Waals surface area contributed by atoms with Gasteiger partial charge in [-0.05, 0) is 11.8 Å². The fraction of sp³-hybridized carbons (Fsp3) is 0.765. The van der Waals surface area contributed by atoms with Crippen LogP contribution in [0.5, 0.6) is 0 Å². The van der Waals surface area contributed by atoms with Crippen LogP contribution in [0.3, 0.4) is 0 Å². The Hall–Kier alpha value is -2.20. The molecule has 0 spiro atoms. The number of nitrogens with two attached hydrogens (primary N) is 1. The number of rotatable bonds is 12. The van der Waals surface area contributed by atoms with E-state index in [0.717, 1.165) is 0 Å². The Morgan fingerprint density at radius 2 is 1.44 bits per heavy atom. The average molecular weight is 388 g/mol. The lowest BCUT2D eigenvalue weighted by Gasteiger charge is -2.27. The van der Waals surface area contributed by atoms with Crippen LogP contribution in [0.2, 0.25) is 0 Å². The monoisotopic (exact) mass is 388 g/mol. The van der Waals surface area contributed by atoms with E-state index in [1.54, 1.807) is 13.8 Å². The van der Waals surface area contributed by atoms with Gasteiger partial charge in [0.2, 0.25) is 17.7 Å². The Balaban J connectivity index is 5.01. The molecule has 10 heteroatoms. The minimum Gasteiger partial charge on any atom is -0.480 e. The molecule has 3 amide bonds. The van der Waals surface area contributed by atoms with Gasteiger partial charge in [-0.15, -0.1) is 0 Å². The van der Waals surface area contributed by atoms with Crippen molar-refractivity contribution in [1.29, 1.82) is 0 Å². The van der Waals surface area contributed by atoms with Crippen molar-refractivity contribution in [2.75, 3.05) is 13.2 Å². The van der Waals surface area contributed by atoms with Crippen molar-refractivity contribution in [2.24, 2.45) is 17.6 Å². The van der Waals surface area contributed by atoms with Gasteiger partial charge >= 0.3 is 5.97 Å². The number of aliphatic hydroxyl groups excluding tert-OH is 1. The van der Waals surface area contributed by atoms with Crippen LogP contribution >= 0.6 is 0 Å². The molecule has 5 atom stereocenters. The molecule has 0 aliphatic heterocycles. The highest BCUT2D eigenvalue weighted by Gasteiger charge is 2.31. The first kappa shape index (κ1) is 24.8. The van der Waals surface area contributed by atoms with Crippen LogP contribution in [0.1, 0.15) is 40.5 Å². The molecule has 0 rings (SSSR count). The maximum Gasteiger partial charge on any atom is 0.326 e. The highest BCUT2D eigenvalue weighted by atomic mass is 16.4. The van der Waals surface area contributed by atoms with E-state index >= 15 is 0 Å². The molecule has 0 aliphatic rings. The van der Waals surface area contributed by atoms with Crippen molar-refractivity contribution < 1.29 is 29.4 Å². The summed E-state index contributed by atoms with van der Waals surface area (Å²) in [6.07, 6.45) is 1.13. The Morgan fingerprint density at radius 1 is 0.926 bits per heavy atom. The van der Waals surface area contributed by atoms with Crippen molar-refractivity contribution in [3.05, 3.63) is 0 Å². The largest absolute Gasteiger partial charge is 0.480 e.